The number of hydrogen-bond acceptors (Lipinski definition) is 4. The first kappa shape index (κ1) is 17.7. The maximum absolute atomic E-state index is 12.6. The van der Waals surface area contributed by atoms with E-state index in [2.05, 4.69) is 5.32 Å². The van der Waals surface area contributed by atoms with Crippen LogP contribution in [0.3, 0.4) is 0 Å². The summed E-state index contributed by atoms with van der Waals surface area (Å²) in [5.41, 5.74) is 4.71. The van der Waals surface area contributed by atoms with Crippen molar-refractivity contribution >= 4 is 17.8 Å². The van der Waals surface area contributed by atoms with Gasteiger partial charge in [-0.1, -0.05) is 33.1 Å². The fourth-order valence-electron chi connectivity index (χ4n) is 3.36. The summed E-state index contributed by atoms with van der Waals surface area (Å²) in [6.45, 7) is 4.68. The van der Waals surface area contributed by atoms with Gasteiger partial charge in [-0.05, 0) is 24.8 Å². The Morgan fingerprint density at radius 3 is 2.48 bits per heavy atom. The van der Waals surface area contributed by atoms with Gasteiger partial charge < -0.3 is 16.0 Å². The van der Waals surface area contributed by atoms with Gasteiger partial charge in [-0.25, -0.2) is 4.79 Å². The third-order valence-corrected chi connectivity index (χ3v) is 4.89. The van der Waals surface area contributed by atoms with Gasteiger partial charge >= 0.3 is 6.03 Å². The summed E-state index contributed by atoms with van der Waals surface area (Å²) in [6.07, 6.45) is 4.27. The van der Waals surface area contributed by atoms with Gasteiger partial charge in [-0.2, -0.15) is 0 Å². The summed E-state index contributed by atoms with van der Waals surface area (Å²) in [4.78, 5) is 39.8. The van der Waals surface area contributed by atoms with Crippen molar-refractivity contribution in [1.29, 1.82) is 0 Å². The van der Waals surface area contributed by atoms with E-state index >= 15 is 0 Å². The topological polar surface area (TPSA) is 95.7 Å². The Bertz CT molecular complexity index is 498. The zero-order chi connectivity index (χ0) is 17.3. The van der Waals surface area contributed by atoms with Gasteiger partial charge in [0.25, 0.3) is 5.91 Å². The highest BCUT2D eigenvalue weighted by atomic mass is 16.2. The smallest absolute Gasteiger partial charge is 0.325 e. The second-order valence-corrected chi connectivity index (χ2v) is 7.58. The highest BCUT2D eigenvalue weighted by Crippen LogP contribution is 2.33. The Balaban J connectivity index is 2.00. The molecule has 1 aliphatic carbocycles. The Labute approximate surface area is 137 Å². The lowest BCUT2D eigenvalue weighted by atomic mass is 9.82. The van der Waals surface area contributed by atoms with Crippen molar-refractivity contribution in [1.82, 2.24) is 15.1 Å². The summed E-state index contributed by atoms with van der Waals surface area (Å²) in [6, 6.07) is -0.447. The Morgan fingerprint density at radius 1 is 1.30 bits per heavy atom. The molecule has 0 atom stereocenters. The SMILES string of the molecule is CN(CC(C)(C)CN)C(=O)CN1C(=O)NC2(CCCCC2)C1=O. The molecule has 1 heterocycles. The zero-order valence-corrected chi connectivity index (χ0v) is 14.4. The molecular weight excluding hydrogens is 296 g/mol. The number of nitrogens with two attached hydrogens (primary N) is 1. The summed E-state index contributed by atoms with van der Waals surface area (Å²) >= 11 is 0. The number of nitrogens with zero attached hydrogens (tertiary/aromatic N) is 2. The van der Waals surface area contributed by atoms with Crippen molar-refractivity contribution in [2.24, 2.45) is 11.1 Å². The van der Waals surface area contributed by atoms with Gasteiger partial charge in [0, 0.05) is 13.6 Å². The lowest BCUT2D eigenvalue weighted by Gasteiger charge is -2.31. The van der Waals surface area contributed by atoms with Crippen LogP contribution < -0.4 is 11.1 Å². The number of likely N-dealkylation sites (N-methyl/N-ethyl adjacent to an activating group) is 1. The molecule has 2 aliphatic rings. The molecule has 1 spiro atoms. The molecule has 0 unspecified atom stereocenters. The molecule has 3 N–H and O–H groups in total. The summed E-state index contributed by atoms with van der Waals surface area (Å²) < 4.78 is 0. The van der Waals surface area contributed by atoms with E-state index in [0.29, 0.717) is 25.9 Å². The van der Waals surface area contributed by atoms with Gasteiger partial charge in [0.1, 0.15) is 12.1 Å². The van der Waals surface area contributed by atoms with Gasteiger partial charge in [0.2, 0.25) is 5.91 Å². The maximum Gasteiger partial charge on any atom is 0.325 e. The van der Waals surface area contributed by atoms with E-state index in [1.165, 1.54) is 0 Å². The molecule has 130 valence electrons. The summed E-state index contributed by atoms with van der Waals surface area (Å²) in [5.74, 6) is -0.495. The number of amides is 4. The van der Waals surface area contributed by atoms with Crippen LogP contribution in [0, 0.1) is 5.41 Å². The number of carbonyl (C=O) groups excluding carboxylic acids is 3. The number of nitrogens with one attached hydrogen (secondary N) is 1. The van der Waals surface area contributed by atoms with Crippen molar-refractivity contribution in [3.8, 4) is 0 Å². The second-order valence-electron chi connectivity index (χ2n) is 7.58. The second kappa shape index (κ2) is 6.47. The van der Waals surface area contributed by atoms with Crippen LogP contribution in [-0.4, -0.2) is 59.9 Å². The van der Waals surface area contributed by atoms with Gasteiger partial charge in [0.05, 0.1) is 0 Å². The lowest BCUT2D eigenvalue weighted by molar-refractivity contribution is -0.139. The largest absolute Gasteiger partial charge is 0.344 e. The minimum atomic E-state index is -0.773. The van der Waals surface area contributed by atoms with E-state index in [9.17, 15) is 14.4 Å². The highest BCUT2D eigenvalue weighted by molar-refractivity contribution is 6.09. The fraction of sp³-hybridized carbons (Fsp3) is 0.812. The molecule has 1 saturated heterocycles. The third kappa shape index (κ3) is 3.65. The van der Waals surface area contributed by atoms with Crippen LogP contribution in [0.4, 0.5) is 4.79 Å². The van der Waals surface area contributed by atoms with Crippen LogP contribution in [-0.2, 0) is 9.59 Å². The van der Waals surface area contributed by atoms with Crippen molar-refractivity contribution in [3.63, 3.8) is 0 Å². The minimum absolute atomic E-state index is 0.202. The summed E-state index contributed by atoms with van der Waals surface area (Å²) in [5, 5.41) is 2.82. The van der Waals surface area contributed by atoms with Crippen LogP contribution in [0.2, 0.25) is 0 Å². The molecule has 0 bridgehead atoms. The van der Waals surface area contributed by atoms with Crippen molar-refractivity contribution < 1.29 is 14.4 Å². The first-order valence-corrected chi connectivity index (χ1v) is 8.29. The number of urea groups is 1. The highest BCUT2D eigenvalue weighted by Gasteiger charge is 2.51. The molecule has 7 nitrogen and oxygen atoms in total. The normalized spacial score (nSPS) is 20.8. The van der Waals surface area contributed by atoms with Gasteiger partial charge in [-0.3, -0.25) is 14.5 Å². The zero-order valence-electron chi connectivity index (χ0n) is 14.4. The van der Waals surface area contributed by atoms with E-state index in [4.69, 9.17) is 5.73 Å². The van der Waals surface area contributed by atoms with Crippen LogP contribution >= 0.6 is 0 Å². The molecule has 7 heteroatoms. The van der Waals surface area contributed by atoms with Gasteiger partial charge in [0.15, 0.2) is 0 Å². The minimum Gasteiger partial charge on any atom is -0.344 e. The molecule has 1 aliphatic heterocycles. The Morgan fingerprint density at radius 2 is 1.91 bits per heavy atom. The molecule has 23 heavy (non-hydrogen) atoms. The predicted molar refractivity (Wildman–Crippen MR) is 86.5 cm³/mol. The quantitative estimate of drug-likeness (QED) is 0.727. The Kier molecular flexibility index (Phi) is 4.98. The monoisotopic (exact) mass is 324 g/mol. The molecule has 2 fully saturated rings. The Hall–Kier alpha value is -1.63. The van der Waals surface area contributed by atoms with E-state index in [1.807, 2.05) is 13.8 Å². The van der Waals surface area contributed by atoms with E-state index in [0.717, 1.165) is 24.2 Å². The van der Waals surface area contributed by atoms with Crippen LogP contribution in [0.25, 0.3) is 0 Å². The first-order chi connectivity index (χ1) is 10.7. The molecular formula is C16H28N4O3. The van der Waals surface area contributed by atoms with Crippen LogP contribution in [0.1, 0.15) is 46.0 Å². The molecule has 2 rings (SSSR count). The molecule has 0 aromatic rings. The van der Waals surface area contributed by atoms with E-state index < -0.39 is 11.6 Å². The lowest BCUT2D eigenvalue weighted by Crippen LogP contribution is -2.49. The number of rotatable bonds is 5. The van der Waals surface area contributed by atoms with Gasteiger partial charge in [-0.15, -0.1) is 0 Å². The average Bonchev–Trinajstić information content (AvgIpc) is 2.72. The number of imide groups is 1. The number of hydrogen-bond donors (Lipinski definition) is 2. The van der Waals surface area contributed by atoms with Crippen molar-refractivity contribution in [2.75, 3.05) is 26.7 Å². The van der Waals surface area contributed by atoms with Crippen molar-refractivity contribution in [3.05, 3.63) is 0 Å². The molecule has 1 saturated carbocycles. The van der Waals surface area contributed by atoms with E-state index in [1.54, 1.807) is 11.9 Å². The molecule has 4 amide bonds. The fourth-order valence-corrected chi connectivity index (χ4v) is 3.36. The van der Waals surface area contributed by atoms with Crippen LogP contribution in [0.15, 0.2) is 0 Å². The third-order valence-electron chi connectivity index (χ3n) is 4.89. The summed E-state index contributed by atoms with van der Waals surface area (Å²) in [7, 11) is 1.68. The van der Waals surface area contributed by atoms with Crippen molar-refractivity contribution in [2.45, 2.75) is 51.5 Å². The molecule has 0 aromatic carbocycles. The molecule has 0 radical (unpaired) electrons. The van der Waals surface area contributed by atoms with Crippen LogP contribution in [0.5, 0.6) is 0 Å². The molecule has 0 aromatic heterocycles. The maximum atomic E-state index is 12.6. The standard InChI is InChI=1S/C16H28N4O3/c1-15(2,10-17)11-19(3)12(21)9-20-13(22)16(18-14(20)23)7-5-4-6-8-16/h4-11,17H2,1-3H3,(H,18,23). The first-order valence-electron chi connectivity index (χ1n) is 8.29. The average molecular weight is 324 g/mol. The van der Waals surface area contributed by atoms with E-state index in [-0.39, 0.29) is 23.8 Å². The number of carbonyl (C=O) groups is 3. The predicted octanol–water partition coefficient (Wildman–Crippen LogP) is 0.684.